The highest BCUT2D eigenvalue weighted by Gasteiger charge is 2.62. The number of aliphatic hydroxyl groups excluding tert-OH is 1. The van der Waals surface area contributed by atoms with Crippen molar-refractivity contribution in [2.45, 2.75) is 31.0 Å². The Morgan fingerprint density at radius 1 is 1.52 bits per heavy atom. The molecule has 1 aromatic heterocycles. The molecule has 3 rings (SSSR count). The van der Waals surface area contributed by atoms with E-state index >= 15 is 0 Å². The van der Waals surface area contributed by atoms with Gasteiger partial charge in [0.25, 0.3) is 5.56 Å². The highest BCUT2D eigenvalue weighted by Crippen LogP contribution is 2.47. The SMILES string of the molecule is Cc1cn(C2OC3(COP(=O)(O)O)COC2C3O)c(=O)[nH]c1=O. The summed E-state index contributed by atoms with van der Waals surface area (Å²) in [6.45, 7) is 0.737. The molecule has 2 saturated heterocycles. The first kappa shape index (κ1) is 16.5. The molecule has 0 saturated carbocycles. The van der Waals surface area contributed by atoms with E-state index in [0.29, 0.717) is 0 Å². The molecule has 0 radical (unpaired) electrons. The summed E-state index contributed by atoms with van der Waals surface area (Å²) in [5.74, 6) is 0. The van der Waals surface area contributed by atoms with Gasteiger partial charge in [-0.3, -0.25) is 18.9 Å². The number of hydrogen-bond donors (Lipinski definition) is 4. The molecular weight excluding hydrogens is 335 g/mol. The number of aryl methyl sites for hydroxylation is 1. The molecule has 2 bridgehead atoms. The maximum atomic E-state index is 11.9. The Kier molecular flexibility index (Phi) is 3.84. The van der Waals surface area contributed by atoms with Crippen molar-refractivity contribution in [3.05, 3.63) is 32.6 Å². The summed E-state index contributed by atoms with van der Waals surface area (Å²) in [5.41, 5.74) is -2.54. The van der Waals surface area contributed by atoms with Gasteiger partial charge in [-0.1, -0.05) is 0 Å². The number of nitrogens with one attached hydrogen (secondary N) is 1. The topological polar surface area (TPSA) is 160 Å². The summed E-state index contributed by atoms with van der Waals surface area (Å²) in [5, 5.41) is 10.3. The number of aromatic amines is 1. The van der Waals surface area contributed by atoms with Gasteiger partial charge in [0.05, 0.1) is 13.2 Å². The third-order valence-electron chi connectivity index (χ3n) is 3.90. The quantitative estimate of drug-likeness (QED) is 0.449. The van der Waals surface area contributed by atoms with Crippen LogP contribution >= 0.6 is 7.82 Å². The third kappa shape index (κ3) is 2.81. The predicted molar refractivity (Wildman–Crippen MR) is 72.7 cm³/mol. The average molecular weight is 350 g/mol. The van der Waals surface area contributed by atoms with Gasteiger partial charge in [-0.05, 0) is 6.92 Å². The Hall–Kier alpha value is -1.33. The number of phosphoric ester groups is 1. The fourth-order valence-electron chi connectivity index (χ4n) is 2.71. The fraction of sp³-hybridized carbons (Fsp3) is 0.636. The molecule has 0 aromatic carbocycles. The summed E-state index contributed by atoms with van der Waals surface area (Å²) < 4.78 is 27.3. The second kappa shape index (κ2) is 5.35. The van der Waals surface area contributed by atoms with Crippen molar-refractivity contribution >= 4 is 7.82 Å². The molecule has 4 atom stereocenters. The van der Waals surface area contributed by atoms with E-state index in [2.05, 4.69) is 9.51 Å². The fourth-order valence-corrected chi connectivity index (χ4v) is 3.09. The molecule has 11 nitrogen and oxygen atoms in total. The number of nitrogens with zero attached hydrogens (tertiary/aromatic N) is 1. The van der Waals surface area contributed by atoms with Crippen LogP contribution < -0.4 is 11.2 Å². The van der Waals surface area contributed by atoms with Gasteiger partial charge < -0.3 is 24.4 Å². The smallest absolute Gasteiger partial charge is 0.387 e. The zero-order valence-corrected chi connectivity index (χ0v) is 12.8. The van der Waals surface area contributed by atoms with E-state index in [1.807, 2.05) is 0 Å². The van der Waals surface area contributed by atoms with E-state index in [4.69, 9.17) is 19.3 Å². The lowest BCUT2D eigenvalue weighted by Gasteiger charge is -2.30. The summed E-state index contributed by atoms with van der Waals surface area (Å²) >= 11 is 0. The molecule has 0 amide bonds. The molecule has 23 heavy (non-hydrogen) atoms. The first-order valence-electron chi connectivity index (χ1n) is 6.63. The van der Waals surface area contributed by atoms with Gasteiger partial charge in [0.2, 0.25) is 0 Å². The number of fused-ring (bicyclic) bond motifs is 2. The van der Waals surface area contributed by atoms with Gasteiger partial charge in [0.1, 0.15) is 17.8 Å². The van der Waals surface area contributed by atoms with E-state index in [0.717, 1.165) is 4.57 Å². The molecule has 2 aliphatic heterocycles. The van der Waals surface area contributed by atoms with Crippen molar-refractivity contribution in [1.29, 1.82) is 0 Å². The Labute approximate surface area is 128 Å². The van der Waals surface area contributed by atoms with Crippen LogP contribution in [0.25, 0.3) is 0 Å². The lowest BCUT2D eigenvalue weighted by molar-refractivity contribution is -0.186. The van der Waals surface area contributed by atoms with E-state index in [1.54, 1.807) is 0 Å². The Morgan fingerprint density at radius 3 is 2.87 bits per heavy atom. The molecule has 3 heterocycles. The number of ether oxygens (including phenoxy) is 2. The molecule has 4 unspecified atom stereocenters. The molecule has 1 aromatic rings. The second-order valence-electron chi connectivity index (χ2n) is 5.54. The molecule has 128 valence electrons. The van der Waals surface area contributed by atoms with Gasteiger partial charge >= 0.3 is 13.5 Å². The Balaban J connectivity index is 1.91. The molecule has 2 fully saturated rings. The van der Waals surface area contributed by atoms with Gasteiger partial charge in [-0.25, -0.2) is 9.36 Å². The zero-order valence-electron chi connectivity index (χ0n) is 11.9. The third-order valence-corrected chi connectivity index (χ3v) is 4.37. The number of aromatic nitrogens is 2. The number of rotatable bonds is 4. The number of hydrogen-bond acceptors (Lipinski definition) is 7. The first-order valence-corrected chi connectivity index (χ1v) is 8.16. The summed E-state index contributed by atoms with van der Waals surface area (Å²) in [7, 11) is -4.76. The van der Waals surface area contributed by atoms with Crippen LogP contribution in [0.3, 0.4) is 0 Å². The lowest BCUT2D eigenvalue weighted by atomic mass is 10.0. The number of H-pyrrole nitrogens is 1. The molecule has 2 aliphatic rings. The van der Waals surface area contributed by atoms with E-state index < -0.39 is 49.7 Å². The van der Waals surface area contributed by atoms with Gasteiger partial charge in [-0.2, -0.15) is 0 Å². The summed E-state index contributed by atoms with van der Waals surface area (Å²) in [6.07, 6.45) is -1.97. The minimum absolute atomic E-state index is 0.146. The van der Waals surface area contributed by atoms with Crippen LogP contribution in [-0.4, -0.2) is 55.5 Å². The van der Waals surface area contributed by atoms with E-state index in [1.165, 1.54) is 13.1 Å². The predicted octanol–water partition coefficient (Wildman–Crippen LogP) is -2.02. The largest absolute Gasteiger partial charge is 0.469 e. The van der Waals surface area contributed by atoms with Crippen LogP contribution in [0.4, 0.5) is 0 Å². The van der Waals surface area contributed by atoms with Crippen LogP contribution in [0.5, 0.6) is 0 Å². The number of aliphatic hydroxyl groups is 1. The van der Waals surface area contributed by atoms with Crippen LogP contribution in [0, 0.1) is 6.92 Å². The van der Waals surface area contributed by atoms with E-state index in [-0.39, 0.29) is 12.2 Å². The van der Waals surface area contributed by atoms with Crippen LogP contribution in [0.2, 0.25) is 0 Å². The monoisotopic (exact) mass is 350 g/mol. The van der Waals surface area contributed by atoms with Crippen LogP contribution in [-0.2, 0) is 18.6 Å². The van der Waals surface area contributed by atoms with Gasteiger partial charge in [0, 0.05) is 11.8 Å². The lowest BCUT2D eigenvalue weighted by Crippen LogP contribution is -2.45. The standard InChI is InChI=1S/C11H15N2O9P/c1-5-2-13(10(16)12-8(5)15)9-6-7(14)11(22-9,3-20-6)4-21-23(17,18)19/h2,6-7,9,14H,3-4H2,1H3,(H,12,15,16)(H2,17,18,19). The van der Waals surface area contributed by atoms with Gasteiger partial charge in [-0.15, -0.1) is 0 Å². The minimum atomic E-state index is -4.76. The van der Waals surface area contributed by atoms with Crippen LogP contribution in [0.15, 0.2) is 15.8 Å². The van der Waals surface area contributed by atoms with Crippen molar-refractivity contribution in [3.63, 3.8) is 0 Å². The molecular formula is C11H15N2O9P. The molecule has 0 aliphatic carbocycles. The molecule has 4 N–H and O–H groups in total. The van der Waals surface area contributed by atoms with Crippen molar-refractivity contribution in [3.8, 4) is 0 Å². The van der Waals surface area contributed by atoms with Crippen molar-refractivity contribution < 1.29 is 33.5 Å². The first-order chi connectivity index (χ1) is 10.6. The summed E-state index contributed by atoms with van der Waals surface area (Å²) in [6, 6.07) is 0. The highest BCUT2D eigenvalue weighted by molar-refractivity contribution is 7.46. The minimum Gasteiger partial charge on any atom is -0.387 e. The Morgan fingerprint density at radius 2 is 2.22 bits per heavy atom. The maximum Gasteiger partial charge on any atom is 0.469 e. The number of phosphoric acid groups is 1. The normalized spacial score (nSPS) is 33.3. The van der Waals surface area contributed by atoms with Crippen molar-refractivity contribution in [2.75, 3.05) is 13.2 Å². The average Bonchev–Trinajstić information content (AvgIpc) is 2.91. The zero-order chi connectivity index (χ0) is 17.0. The van der Waals surface area contributed by atoms with Crippen molar-refractivity contribution in [1.82, 2.24) is 9.55 Å². The summed E-state index contributed by atoms with van der Waals surface area (Å²) in [4.78, 5) is 43.0. The second-order valence-corrected chi connectivity index (χ2v) is 6.78. The van der Waals surface area contributed by atoms with E-state index in [9.17, 15) is 19.3 Å². The van der Waals surface area contributed by atoms with Crippen LogP contribution in [0.1, 0.15) is 11.8 Å². The molecule has 12 heteroatoms. The molecule has 0 spiro atoms. The maximum absolute atomic E-state index is 11.9. The highest BCUT2D eigenvalue weighted by atomic mass is 31.2. The van der Waals surface area contributed by atoms with Gasteiger partial charge in [0.15, 0.2) is 6.23 Å². The Bertz CT molecular complexity index is 782. The van der Waals surface area contributed by atoms with Crippen molar-refractivity contribution in [2.24, 2.45) is 0 Å².